The zero-order chi connectivity index (χ0) is 13.8. The number of hydrogen-bond donors (Lipinski definition) is 1. The van der Waals surface area contributed by atoms with Gasteiger partial charge in [0.2, 0.25) is 5.91 Å². The minimum absolute atomic E-state index is 0.0903. The monoisotopic (exact) mass is 265 g/mol. The van der Waals surface area contributed by atoms with Crippen molar-refractivity contribution in [2.75, 3.05) is 7.05 Å². The minimum Gasteiger partial charge on any atom is -0.341 e. The molecule has 2 rings (SSSR count). The summed E-state index contributed by atoms with van der Waals surface area (Å²) in [5.74, 6) is 0.803. The molecule has 1 aromatic heterocycles. The minimum atomic E-state index is 0.0903. The Bertz CT molecular complexity index is 430. The first-order chi connectivity index (χ1) is 9.10. The number of aromatic nitrogens is 3. The molecule has 0 saturated heterocycles. The summed E-state index contributed by atoms with van der Waals surface area (Å²) in [6.45, 7) is 2.86. The zero-order valence-corrected chi connectivity index (χ0v) is 11.7. The van der Waals surface area contributed by atoms with Crippen molar-refractivity contribution in [3.05, 3.63) is 11.9 Å². The van der Waals surface area contributed by atoms with Gasteiger partial charge in [0.15, 0.2) is 0 Å². The largest absolute Gasteiger partial charge is 0.341 e. The van der Waals surface area contributed by atoms with Crippen molar-refractivity contribution < 1.29 is 4.79 Å². The molecule has 0 aromatic carbocycles. The molecule has 6 heteroatoms. The number of amides is 1. The number of carbonyl (C=O) groups excluding carboxylic acids is 1. The van der Waals surface area contributed by atoms with Gasteiger partial charge >= 0.3 is 0 Å². The van der Waals surface area contributed by atoms with Crippen LogP contribution < -0.4 is 5.73 Å². The summed E-state index contributed by atoms with van der Waals surface area (Å²) in [4.78, 5) is 14.1. The predicted octanol–water partition coefficient (Wildman–Crippen LogP) is 0.774. The molecule has 2 atom stereocenters. The van der Waals surface area contributed by atoms with Crippen molar-refractivity contribution in [1.82, 2.24) is 19.9 Å². The molecule has 19 heavy (non-hydrogen) atoms. The molecular formula is C13H23N5O. The van der Waals surface area contributed by atoms with Crippen LogP contribution in [0, 0.1) is 5.92 Å². The van der Waals surface area contributed by atoms with E-state index in [1.807, 2.05) is 11.9 Å². The van der Waals surface area contributed by atoms with E-state index in [9.17, 15) is 4.79 Å². The summed E-state index contributed by atoms with van der Waals surface area (Å²) in [5, 5.41) is 7.80. The highest BCUT2D eigenvalue weighted by Crippen LogP contribution is 2.26. The number of rotatable bonds is 4. The molecule has 2 unspecified atom stereocenters. The number of nitrogens with zero attached hydrogens (tertiary/aromatic N) is 4. The van der Waals surface area contributed by atoms with Gasteiger partial charge in [0.1, 0.15) is 6.54 Å². The molecule has 1 saturated carbocycles. The van der Waals surface area contributed by atoms with Crippen LogP contribution in [0.4, 0.5) is 0 Å². The van der Waals surface area contributed by atoms with Gasteiger partial charge in [0, 0.05) is 19.6 Å². The normalized spacial score (nSPS) is 23.3. The van der Waals surface area contributed by atoms with Crippen LogP contribution in [0.5, 0.6) is 0 Å². The van der Waals surface area contributed by atoms with Crippen molar-refractivity contribution in [2.45, 2.75) is 51.7 Å². The van der Waals surface area contributed by atoms with Crippen LogP contribution in [0.1, 0.15) is 38.3 Å². The summed E-state index contributed by atoms with van der Waals surface area (Å²) in [6, 6.07) is 0.369. The lowest BCUT2D eigenvalue weighted by atomic mass is 9.86. The van der Waals surface area contributed by atoms with Gasteiger partial charge in [0.05, 0.1) is 11.9 Å². The first-order valence-electron chi connectivity index (χ1n) is 6.95. The van der Waals surface area contributed by atoms with Crippen LogP contribution in [0.15, 0.2) is 6.20 Å². The Labute approximate surface area is 113 Å². The molecule has 1 heterocycles. The number of nitrogens with two attached hydrogens (primary N) is 1. The average molecular weight is 265 g/mol. The molecule has 0 radical (unpaired) electrons. The lowest BCUT2D eigenvalue weighted by Crippen LogP contribution is -2.41. The summed E-state index contributed by atoms with van der Waals surface area (Å²) in [5.41, 5.74) is 6.18. The van der Waals surface area contributed by atoms with Gasteiger partial charge in [-0.1, -0.05) is 25.0 Å². The fraction of sp³-hybridized carbons (Fsp3) is 0.769. The molecule has 6 nitrogen and oxygen atoms in total. The predicted molar refractivity (Wildman–Crippen MR) is 72.1 cm³/mol. The Morgan fingerprint density at radius 3 is 3.00 bits per heavy atom. The van der Waals surface area contributed by atoms with Gasteiger partial charge < -0.3 is 10.6 Å². The standard InChI is InChI=1S/C13H23N5O/c1-10-4-3-5-12(6-10)17(2)13(19)9-18-8-11(7-14)15-16-18/h8,10,12H,3-7,9,14H2,1-2H3. The summed E-state index contributed by atoms with van der Waals surface area (Å²) in [7, 11) is 1.89. The molecule has 1 aliphatic rings. The molecule has 0 spiro atoms. The summed E-state index contributed by atoms with van der Waals surface area (Å²) < 4.78 is 1.56. The second-order valence-corrected chi connectivity index (χ2v) is 5.54. The second-order valence-electron chi connectivity index (χ2n) is 5.54. The Morgan fingerprint density at radius 2 is 2.37 bits per heavy atom. The van der Waals surface area contributed by atoms with E-state index in [2.05, 4.69) is 17.2 Å². The van der Waals surface area contributed by atoms with Gasteiger partial charge in [0.25, 0.3) is 0 Å². The average Bonchev–Trinajstić information content (AvgIpc) is 2.85. The molecule has 1 fully saturated rings. The van der Waals surface area contributed by atoms with Crippen LogP contribution in [0.2, 0.25) is 0 Å². The van der Waals surface area contributed by atoms with Crippen LogP contribution in [0.3, 0.4) is 0 Å². The number of hydrogen-bond acceptors (Lipinski definition) is 4. The molecule has 1 aromatic rings. The maximum Gasteiger partial charge on any atom is 0.244 e. The highest BCUT2D eigenvalue weighted by atomic mass is 16.2. The van der Waals surface area contributed by atoms with E-state index in [0.717, 1.165) is 12.8 Å². The van der Waals surface area contributed by atoms with E-state index in [0.29, 0.717) is 24.2 Å². The van der Waals surface area contributed by atoms with E-state index in [1.54, 1.807) is 10.9 Å². The Balaban J connectivity index is 1.91. The summed E-state index contributed by atoms with van der Waals surface area (Å²) in [6.07, 6.45) is 6.44. The van der Waals surface area contributed by atoms with E-state index >= 15 is 0 Å². The SMILES string of the molecule is CC1CCCC(N(C)C(=O)Cn2cc(CN)nn2)C1. The van der Waals surface area contributed by atoms with Gasteiger partial charge in [-0.15, -0.1) is 5.10 Å². The molecule has 106 valence electrons. The fourth-order valence-corrected chi connectivity index (χ4v) is 2.72. The van der Waals surface area contributed by atoms with E-state index in [4.69, 9.17) is 5.73 Å². The smallest absolute Gasteiger partial charge is 0.244 e. The van der Waals surface area contributed by atoms with Crippen LogP contribution in [0.25, 0.3) is 0 Å². The van der Waals surface area contributed by atoms with E-state index in [1.165, 1.54) is 12.8 Å². The van der Waals surface area contributed by atoms with Crippen molar-refractivity contribution in [3.8, 4) is 0 Å². The van der Waals surface area contributed by atoms with Gasteiger partial charge in [-0.2, -0.15) is 0 Å². The molecule has 1 amide bonds. The molecular weight excluding hydrogens is 242 g/mol. The third-order valence-corrected chi connectivity index (χ3v) is 3.94. The number of carbonyl (C=O) groups is 1. The van der Waals surface area contributed by atoms with E-state index in [-0.39, 0.29) is 12.5 Å². The highest BCUT2D eigenvalue weighted by Gasteiger charge is 2.25. The first-order valence-corrected chi connectivity index (χ1v) is 6.95. The molecule has 1 aliphatic carbocycles. The molecule has 0 aliphatic heterocycles. The zero-order valence-electron chi connectivity index (χ0n) is 11.7. The third-order valence-electron chi connectivity index (χ3n) is 3.94. The molecule has 2 N–H and O–H groups in total. The van der Waals surface area contributed by atoms with Crippen molar-refractivity contribution >= 4 is 5.91 Å². The Morgan fingerprint density at radius 1 is 1.58 bits per heavy atom. The van der Waals surface area contributed by atoms with Crippen molar-refractivity contribution in [2.24, 2.45) is 11.7 Å². The second kappa shape index (κ2) is 6.14. The third kappa shape index (κ3) is 3.53. The Kier molecular flexibility index (Phi) is 4.52. The van der Waals surface area contributed by atoms with Crippen molar-refractivity contribution in [3.63, 3.8) is 0 Å². The Hall–Kier alpha value is -1.43. The molecule has 0 bridgehead atoms. The maximum absolute atomic E-state index is 12.2. The quantitative estimate of drug-likeness (QED) is 0.872. The van der Waals surface area contributed by atoms with Gasteiger partial charge in [-0.05, 0) is 18.8 Å². The van der Waals surface area contributed by atoms with Gasteiger partial charge in [-0.25, -0.2) is 4.68 Å². The highest BCUT2D eigenvalue weighted by molar-refractivity contribution is 5.75. The fourth-order valence-electron chi connectivity index (χ4n) is 2.72. The van der Waals surface area contributed by atoms with Crippen LogP contribution in [-0.2, 0) is 17.9 Å². The van der Waals surface area contributed by atoms with Gasteiger partial charge in [-0.3, -0.25) is 4.79 Å². The summed E-state index contributed by atoms with van der Waals surface area (Å²) >= 11 is 0. The first kappa shape index (κ1) is 14.0. The van der Waals surface area contributed by atoms with Crippen LogP contribution >= 0.6 is 0 Å². The number of likely N-dealkylation sites (N-methyl/N-ethyl adjacent to an activating group) is 1. The van der Waals surface area contributed by atoms with Crippen LogP contribution in [-0.4, -0.2) is 38.9 Å². The maximum atomic E-state index is 12.2. The lowest BCUT2D eigenvalue weighted by Gasteiger charge is -2.34. The van der Waals surface area contributed by atoms with Crippen molar-refractivity contribution in [1.29, 1.82) is 0 Å². The lowest BCUT2D eigenvalue weighted by molar-refractivity contribution is -0.133. The van der Waals surface area contributed by atoms with E-state index < -0.39 is 0 Å². The topological polar surface area (TPSA) is 77.0 Å².